The van der Waals surface area contributed by atoms with E-state index >= 15 is 0 Å². The second kappa shape index (κ2) is 6.61. The van der Waals surface area contributed by atoms with E-state index in [0.29, 0.717) is 15.8 Å². The van der Waals surface area contributed by atoms with E-state index in [1.807, 2.05) is 0 Å². The van der Waals surface area contributed by atoms with Crippen LogP contribution in [-0.2, 0) is 11.2 Å². The average molecular weight is 341 g/mol. The van der Waals surface area contributed by atoms with E-state index in [1.165, 1.54) is 24.3 Å². The predicted octanol–water partition coefficient (Wildman–Crippen LogP) is 3.92. The lowest BCUT2D eigenvalue weighted by molar-refractivity contribution is -0.120. The molecule has 0 N–H and O–H groups in total. The van der Waals surface area contributed by atoms with Crippen LogP contribution in [0, 0.1) is 11.6 Å². The van der Waals surface area contributed by atoms with E-state index in [2.05, 4.69) is 15.9 Å². The fraction of sp³-hybridized carbons (Fsp3) is 0.133. The molecule has 104 valence electrons. The van der Waals surface area contributed by atoms with Crippen LogP contribution in [0.3, 0.4) is 0 Å². The van der Waals surface area contributed by atoms with Gasteiger partial charge in [0, 0.05) is 6.42 Å². The SMILES string of the molecule is O=C(COc1ccc(F)cc1Br)Cc1ccccc1F. The van der Waals surface area contributed by atoms with Crippen LogP contribution in [-0.4, -0.2) is 12.4 Å². The summed E-state index contributed by atoms with van der Waals surface area (Å²) in [7, 11) is 0. The number of ether oxygens (including phenoxy) is 1. The van der Waals surface area contributed by atoms with Gasteiger partial charge in [0.05, 0.1) is 4.47 Å². The highest BCUT2D eigenvalue weighted by molar-refractivity contribution is 9.10. The van der Waals surface area contributed by atoms with Crippen LogP contribution in [0.4, 0.5) is 8.78 Å². The van der Waals surface area contributed by atoms with E-state index in [0.717, 1.165) is 0 Å². The van der Waals surface area contributed by atoms with Gasteiger partial charge in [0.1, 0.15) is 24.0 Å². The quantitative estimate of drug-likeness (QED) is 0.824. The number of rotatable bonds is 5. The zero-order valence-electron chi connectivity index (χ0n) is 10.4. The molecule has 0 aliphatic carbocycles. The molecular weight excluding hydrogens is 330 g/mol. The lowest BCUT2D eigenvalue weighted by atomic mass is 10.1. The fourth-order valence-electron chi connectivity index (χ4n) is 1.66. The van der Waals surface area contributed by atoms with Crippen LogP contribution in [0.1, 0.15) is 5.56 Å². The lowest BCUT2D eigenvalue weighted by Gasteiger charge is -2.08. The fourth-order valence-corrected chi connectivity index (χ4v) is 2.12. The maximum atomic E-state index is 13.4. The first kappa shape index (κ1) is 14.7. The van der Waals surface area contributed by atoms with Crippen molar-refractivity contribution in [2.75, 3.05) is 6.61 Å². The van der Waals surface area contributed by atoms with Gasteiger partial charge in [-0.05, 0) is 45.8 Å². The van der Waals surface area contributed by atoms with Gasteiger partial charge in [0.25, 0.3) is 0 Å². The van der Waals surface area contributed by atoms with Gasteiger partial charge < -0.3 is 4.74 Å². The Morgan fingerprint density at radius 1 is 1.15 bits per heavy atom. The highest BCUT2D eigenvalue weighted by Crippen LogP contribution is 2.25. The van der Waals surface area contributed by atoms with Gasteiger partial charge in [-0.1, -0.05) is 18.2 Å². The van der Waals surface area contributed by atoms with Crippen molar-refractivity contribution in [3.05, 3.63) is 64.1 Å². The smallest absolute Gasteiger partial charge is 0.174 e. The van der Waals surface area contributed by atoms with Gasteiger partial charge in [-0.3, -0.25) is 4.79 Å². The molecule has 0 unspecified atom stereocenters. The Morgan fingerprint density at radius 2 is 1.90 bits per heavy atom. The van der Waals surface area contributed by atoms with Gasteiger partial charge in [-0.2, -0.15) is 0 Å². The largest absolute Gasteiger partial charge is 0.485 e. The second-order valence-electron chi connectivity index (χ2n) is 4.17. The molecule has 0 saturated carbocycles. The topological polar surface area (TPSA) is 26.3 Å². The maximum Gasteiger partial charge on any atom is 0.174 e. The number of ketones is 1. The van der Waals surface area contributed by atoms with Crippen molar-refractivity contribution < 1.29 is 18.3 Å². The van der Waals surface area contributed by atoms with Crippen LogP contribution in [0.15, 0.2) is 46.9 Å². The first-order valence-electron chi connectivity index (χ1n) is 5.89. The number of carbonyl (C=O) groups excluding carboxylic acids is 1. The molecule has 2 rings (SSSR count). The third-order valence-corrected chi connectivity index (χ3v) is 3.25. The van der Waals surface area contributed by atoms with Gasteiger partial charge >= 0.3 is 0 Å². The Balaban J connectivity index is 1.94. The molecule has 0 spiro atoms. The molecule has 0 radical (unpaired) electrons. The Hall–Kier alpha value is -1.75. The van der Waals surface area contributed by atoms with Crippen molar-refractivity contribution in [2.45, 2.75) is 6.42 Å². The second-order valence-corrected chi connectivity index (χ2v) is 5.02. The molecule has 0 bridgehead atoms. The third-order valence-electron chi connectivity index (χ3n) is 2.63. The van der Waals surface area contributed by atoms with Gasteiger partial charge in [-0.25, -0.2) is 8.78 Å². The molecule has 0 aromatic heterocycles. The zero-order valence-corrected chi connectivity index (χ0v) is 12.0. The molecule has 2 aromatic rings. The minimum atomic E-state index is -0.413. The molecule has 0 saturated heterocycles. The highest BCUT2D eigenvalue weighted by Gasteiger charge is 2.10. The van der Waals surface area contributed by atoms with Crippen molar-refractivity contribution in [1.29, 1.82) is 0 Å². The van der Waals surface area contributed by atoms with Crippen molar-refractivity contribution in [2.24, 2.45) is 0 Å². The number of carbonyl (C=O) groups is 1. The van der Waals surface area contributed by atoms with E-state index < -0.39 is 11.6 Å². The minimum Gasteiger partial charge on any atom is -0.485 e. The summed E-state index contributed by atoms with van der Waals surface area (Å²) in [5.74, 6) is -0.703. The number of halogens is 3. The molecule has 0 aliphatic heterocycles. The molecular formula is C15H11BrF2O2. The molecule has 20 heavy (non-hydrogen) atoms. The van der Waals surface area contributed by atoms with Crippen LogP contribution in [0.2, 0.25) is 0 Å². The van der Waals surface area contributed by atoms with Gasteiger partial charge in [-0.15, -0.1) is 0 Å². The molecule has 0 atom stereocenters. The summed E-state index contributed by atoms with van der Waals surface area (Å²) in [6.45, 7) is -0.196. The molecule has 2 nitrogen and oxygen atoms in total. The lowest BCUT2D eigenvalue weighted by Crippen LogP contribution is -2.14. The molecule has 2 aromatic carbocycles. The van der Waals surface area contributed by atoms with Crippen molar-refractivity contribution >= 4 is 21.7 Å². The van der Waals surface area contributed by atoms with Crippen LogP contribution >= 0.6 is 15.9 Å². The zero-order chi connectivity index (χ0) is 14.5. The average Bonchev–Trinajstić information content (AvgIpc) is 2.40. The molecule has 0 heterocycles. The van der Waals surface area contributed by atoms with Gasteiger partial charge in [0.15, 0.2) is 5.78 Å². The normalized spacial score (nSPS) is 10.3. The van der Waals surface area contributed by atoms with Crippen LogP contribution in [0.5, 0.6) is 5.75 Å². The van der Waals surface area contributed by atoms with E-state index in [4.69, 9.17) is 4.74 Å². The monoisotopic (exact) mass is 340 g/mol. The molecule has 0 amide bonds. The third kappa shape index (κ3) is 3.87. The van der Waals surface area contributed by atoms with Crippen LogP contribution < -0.4 is 4.74 Å². The first-order chi connectivity index (χ1) is 9.56. The van der Waals surface area contributed by atoms with Gasteiger partial charge in [0.2, 0.25) is 0 Å². The van der Waals surface area contributed by atoms with Crippen molar-refractivity contribution in [1.82, 2.24) is 0 Å². The molecule has 0 fully saturated rings. The maximum absolute atomic E-state index is 13.4. The Labute approximate surface area is 123 Å². The minimum absolute atomic E-state index is 0.0362. The summed E-state index contributed by atoms with van der Waals surface area (Å²) in [4.78, 5) is 11.7. The van der Waals surface area contributed by atoms with Crippen molar-refractivity contribution in [3.63, 3.8) is 0 Å². The Morgan fingerprint density at radius 3 is 2.60 bits per heavy atom. The van der Waals surface area contributed by atoms with Crippen molar-refractivity contribution in [3.8, 4) is 5.75 Å². The number of Topliss-reactive ketones (excluding diaryl/α,β-unsaturated/α-hetero) is 1. The van der Waals surface area contributed by atoms with Crippen LogP contribution in [0.25, 0.3) is 0 Å². The van der Waals surface area contributed by atoms with E-state index in [-0.39, 0.29) is 18.8 Å². The summed E-state index contributed by atoms with van der Waals surface area (Å²) in [5, 5.41) is 0. The number of hydrogen-bond acceptors (Lipinski definition) is 2. The summed E-state index contributed by atoms with van der Waals surface area (Å²) in [6.07, 6.45) is -0.0362. The summed E-state index contributed by atoms with van der Waals surface area (Å²) < 4.78 is 32.0. The summed E-state index contributed by atoms with van der Waals surface area (Å²) >= 11 is 3.14. The standard InChI is InChI=1S/C15H11BrF2O2/c16-13-8-11(17)5-6-15(13)20-9-12(19)7-10-3-1-2-4-14(10)18/h1-6,8H,7,9H2. The molecule has 5 heteroatoms. The summed E-state index contributed by atoms with van der Waals surface area (Å²) in [6, 6.07) is 10.0. The Bertz CT molecular complexity index is 629. The Kier molecular flexibility index (Phi) is 4.84. The van der Waals surface area contributed by atoms with E-state index in [9.17, 15) is 13.6 Å². The summed E-state index contributed by atoms with van der Waals surface area (Å²) in [5.41, 5.74) is 0.333. The first-order valence-corrected chi connectivity index (χ1v) is 6.68. The van der Waals surface area contributed by atoms with E-state index in [1.54, 1.807) is 18.2 Å². The highest BCUT2D eigenvalue weighted by atomic mass is 79.9. The number of hydrogen-bond donors (Lipinski definition) is 0. The number of benzene rings is 2. The predicted molar refractivity (Wildman–Crippen MR) is 74.7 cm³/mol. The molecule has 0 aliphatic rings.